The molecule has 1 saturated heterocycles. The lowest BCUT2D eigenvalue weighted by atomic mass is 9.96. The molecule has 0 spiro atoms. The van der Waals surface area contributed by atoms with Crippen molar-refractivity contribution in [1.29, 1.82) is 0 Å². The van der Waals surface area contributed by atoms with E-state index in [9.17, 15) is 9.59 Å². The second kappa shape index (κ2) is 11.6. The van der Waals surface area contributed by atoms with E-state index in [1.807, 2.05) is 12.1 Å². The molecule has 0 atom stereocenters. The molecule has 0 aliphatic carbocycles. The Balaban J connectivity index is 1.26. The summed E-state index contributed by atoms with van der Waals surface area (Å²) in [4.78, 5) is 27.8. The Morgan fingerprint density at radius 2 is 1.82 bits per heavy atom. The van der Waals surface area contributed by atoms with E-state index in [-0.39, 0.29) is 17.6 Å². The summed E-state index contributed by atoms with van der Waals surface area (Å²) in [6.45, 7) is 4.05. The van der Waals surface area contributed by atoms with E-state index in [2.05, 4.69) is 27.7 Å². The molecule has 2 aliphatic heterocycles. The Labute approximate surface area is 203 Å². The van der Waals surface area contributed by atoms with Crippen molar-refractivity contribution < 1.29 is 14.3 Å². The average molecular weight is 486 g/mol. The highest BCUT2D eigenvalue weighted by Crippen LogP contribution is 2.22. The van der Waals surface area contributed by atoms with E-state index in [1.54, 1.807) is 41.4 Å². The van der Waals surface area contributed by atoms with Gasteiger partial charge in [-0.15, -0.1) is 11.8 Å². The number of piperidine rings is 1. The molecule has 33 heavy (non-hydrogen) atoms. The van der Waals surface area contributed by atoms with E-state index in [1.165, 1.54) is 5.56 Å². The molecule has 0 aromatic heterocycles. The largest absolute Gasteiger partial charge is 0.487 e. The van der Waals surface area contributed by atoms with Gasteiger partial charge in [0.05, 0.1) is 17.9 Å². The second-order valence-electron chi connectivity index (χ2n) is 8.26. The number of likely N-dealkylation sites (tertiary alicyclic amines) is 1. The van der Waals surface area contributed by atoms with Crippen LogP contribution in [-0.2, 0) is 16.1 Å². The first-order valence-electron chi connectivity index (χ1n) is 11.2. The van der Waals surface area contributed by atoms with Gasteiger partial charge in [-0.1, -0.05) is 35.9 Å². The second-order valence-corrected chi connectivity index (χ2v) is 9.67. The minimum atomic E-state index is -0.337. The standard InChI is InChI=1S/C25H28ClN3O3S/c26-20-7-5-19(6-8-20)16-29-11-9-18(10-12-29)15-27-24(30)21-3-1-2-4-22(21)28-25(31)23-17-33-14-13-32-23/h1-8,17-18H,9-16H2,(H,27,30)(H,28,31). The molecule has 6 nitrogen and oxygen atoms in total. The van der Waals surface area contributed by atoms with Gasteiger partial charge in [-0.05, 0) is 61.7 Å². The number of benzene rings is 2. The zero-order chi connectivity index (χ0) is 23.0. The van der Waals surface area contributed by atoms with Gasteiger partial charge in [0.25, 0.3) is 11.8 Å². The van der Waals surface area contributed by atoms with Gasteiger partial charge in [0.1, 0.15) is 0 Å². The number of nitrogens with zero attached hydrogens (tertiary/aromatic N) is 1. The molecular formula is C25H28ClN3O3S. The molecule has 2 aromatic rings. The van der Waals surface area contributed by atoms with Crippen molar-refractivity contribution in [3.63, 3.8) is 0 Å². The zero-order valence-electron chi connectivity index (χ0n) is 18.4. The highest BCUT2D eigenvalue weighted by molar-refractivity contribution is 8.02. The van der Waals surface area contributed by atoms with Gasteiger partial charge < -0.3 is 15.4 Å². The minimum Gasteiger partial charge on any atom is -0.487 e. The Kier molecular flexibility index (Phi) is 8.31. The summed E-state index contributed by atoms with van der Waals surface area (Å²) in [7, 11) is 0. The van der Waals surface area contributed by atoms with Crippen LogP contribution in [0.5, 0.6) is 0 Å². The number of nitrogens with one attached hydrogen (secondary N) is 2. The number of hydrogen-bond acceptors (Lipinski definition) is 5. The van der Waals surface area contributed by atoms with Gasteiger partial charge in [-0.25, -0.2) is 0 Å². The lowest BCUT2D eigenvalue weighted by Crippen LogP contribution is -2.38. The summed E-state index contributed by atoms with van der Waals surface area (Å²) in [6.07, 6.45) is 2.07. The van der Waals surface area contributed by atoms with E-state index in [0.29, 0.717) is 30.3 Å². The molecule has 4 rings (SSSR count). The number of para-hydroxylation sites is 1. The van der Waals surface area contributed by atoms with Crippen molar-refractivity contribution in [1.82, 2.24) is 10.2 Å². The third kappa shape index (κ3) is 6.76. The van der Waals surface area contributed by atoms with Crippen LogP contribution in [0.1, 0.15) is 28.8 Å². The first kappa shape index (κ1) is 23.7. The maximum absolute atomic E-state index is 12.9. The number of anilines is 1. The number of carbonyl (C=O) groups is 2. The SMILES string of the molecule is O=C(Nc1ccccc1C(=O)NCC1CCN(Cc2ccc(Cl)cc2)CC1)C1=CSCCO1. The van der Waals surface area contributed by atoms with Gasteiger partial charge in [0.2, 0.25) is 0 Å². The molecule has 2 N–H and O–H groups in total. The molecule has 0 bridgehead atoms. The average Bonchev–Trinajstić information content (AvgIpc) is 2.85. The van der Waals surface area contributed by atoms with Crippen molar-refractivity contribution >= 4 is 40.9 Å². The van der Waals surface area contributed by atoms with Crippen LogP contribution in [-0.4, -0.2) is 48.7 Å². The van der Waals surface area contributed by atoms with Gasteiger partial charge in [-0.3, -0.25) is 14.5 Å². The molecular weight excluding hydrogens is 458 g/mol. The Hall–Kier alpha value is -2.48. The quantitative estimate of drug-likeness (QED) is 0.603. The number of ether oxygens (including phenoxy) is 1. The van der Waals surface area contributed by atoms with Crippen LogP contribution in [0.4, 0.5) is 5.69 Å². The Bertz CT molecular complexity index is 1000. The molecule has 0 radical (unpaired) electrons. The Morgan fingerprint density at radius 3 is 2.55 bits per heavy atom. The van der Waals surface area contributed by atoms with Crippen molar-refractivity contribution in [2.45, 2.75) is 19.4 Å². The predicted molar refractivity (Wildman–Crippen MR) is 133 cm³/mol. The van der Waals surface area contributed by atoms with Crippen LogP contribution < -0.4 is 10.6 Å². The summed E-state index contributed by atoms with van der Waals surface area (Å²) in [5.41, 5.74) is 2.20. The van der Waals surface area contributed by atoms with E-state index < -0.39 is 0 Å². The number of thioether (sulfide) groups is 1. The van der Waals surface area contributed by atoms with E-state index >= 15 is 0 Å². The third-order valence-electron chi connectivity index (χ3n) is 5.87. The fourth-order valence-corrected chi connectivity index (χ4v) is 4.74. The maximum Gasteiger partial charge on any atom is 0.291 e. The summed E-state index contributed by atoms with van der Waals surface area (Å²) >= 11 is 7.51. The Morgan fingerprint density at radius 1 is 1.06 bits per heavy atom. The highest BCUT2D eigenvalue weighted by atomic mass is 35.5. The van der Waals surface area contributed by atoms with Crippen LogP contribution in [0.25, 0.3) is 0 Å². The van der Waals surface area contributed by atoms with Crippen molar-refractivity contribution in [3.05, 3.63) is 75.8 Å². The molecule has 2 aromatic carbocycles. The first-order valence-corrected chi connectivity index (χ1v) is 12.6. The van der Waals surface area contributed by atoms with Gasteiger partial charge in [-0.2, -0.15) is 0 Å². The zero-order valence-corrected chi connectivity index (χ0v) is 20.0. The molecule has 2 heterocycles. The number of rotatable bonds is 7. The van der Waals surface area contributed by atoms with Gasteiger partial charge in [0, 0.05) is 29.3 Å². The molecule has 0 saturated carbocycles. The number of amides is 2. The highest BCUT2D eigenvalue weighted by Gasteiger charge is 2.22. The van der Waals surface area contributed by atoms with Crippen LogP contribution in [0, 0.1) is 5.92 Å². The lowest BCUT2D eigenvalue weighted by molar-refractivity contribution is -0.116. The molecule has 0 unspecified atom stereocenters. The summed E-state index contributed by atoms with van der Waals surface area (Å²) in [6, 6.07) is 15.1. The van der Waals surface area contributed by atoms with Crippen LogP contribution in [0.15, 0.2) is 59.7 Å². The number of carbonyl (C=O) groups excluding carboxylic acids is 2. The smallest absolute Gasteiger partial charge is 0.291 e. The lowest BCUT2D eigenvalue weighted by Gasteiger charge is -2.32. The van der Waals surface area contributed by atoms with Crippen molar-refractivity contribution in [2.75, 3.05) is 37.3 Å². The monoisotopic (exact) mass is 485 g/mol. The van der Waals surface area contributed by atoms with Crippen LogP contribution >= 0.6 is 23.4 Å². The first-order chi connectivity index (χ1) is 16.1. The van der Waals surface area contributed by atoms with Gasteiger partial charge in [0.15, 0.2) is 5.76 Å². The maximum atomic E-state index is 12.9. The summed E-state index contributed by atoms with van der Waals surface area (Å²) in [5, 5.41) is 8.34. The number of hydrogen-bond donors (Lipinski definition) is 2. The topological polar surface area (TPSA) is 70.7 Å². The molecule has 1 fully saturated rings. The van der Waals surface area contributed by atoms with Crippen molar-refractivity contribution in [2.24, 2.45) is 5.92 Å². The fraction of sp³-hybridized carbons (Fsp3) is 0.360. The van der Waals surface area contributed by atoms with E-state index in [4.69, 9.17) is 16.3 Å². The van der Waals surface area contributed by atoms with Gasteiger partial charge >= 0.3 is 0 Å². The summed E-state index contributed by atoms with van der Waals surface area (Å²) < 4.78 is 5.41. The van der Waals surface area contributed by atoms with Crippen LogP contribution in [0.2, 0.25) is 5.02 Å². The summed E-state index contributed by atoms with van der Waals surface area (Å²) in [5.74, 6) is 1.04. The number of halogens is 1. The molecule has 8 heteroatoms. The fourth-order valence-electron chi connectivity index (χ4n) is 3.99. The minimum absolute atomic E-state index is 0.178. The van der Waals surface area contributed by atoms with E-state index in [0.717, 1.165) is 43.3 Å². The molecule has 174 valence electrons. The molecule has 2 aliphatic rings. The molecule has 2 amide bonds. The van der Waals surface area contributed by atoms with Crippen LogP contribution in [0.3, 0.4) is 0 Å². The predicted octanol–water partition coefficient (Wildman–Crippen LogP) is 4.53. The van der Waals surface area contributed by atoms with Crippen molar-refractivity contribution in [3.8, 4) is 0 Å². The third-order valence-corrected chi connectivity index (χ3v) is 6.91. The normalized spacial score (nSPS) is 17.1.